The Bertz CT molecular complexity index is 1260. The molecule has 1 heterocycles. The number of methoxy groups -OCH3 is 2. The van der Waals surface area contributed by atoms with Gasteiger partial charge in [0.1, 0.15) is 5.82 Å². The zero-order chi connectivity index (χ0) is 24.9. The first-order valence-corrected chi connectivity index (χ1v) is 11.5. The summed E-state index contributed by atoms with van der Waals surface area (Å²) >= 11 is 0. The molecule has 0 spiro atoms. The van der Waals surface area contributed by atoms with Crippen molar-refractivity contribution >= 4 is 34.3 Å². The molecule has 1 aliphatic carbocycles. The van der Waals surface area contributed by atoms with Gasteiger partial charge in [-0.1, -0.05) is 24.5 Å². The zero-order valence-electron chi connectivity index (χ0n) is 20.2. The first-order valence-electron chi connectivity index (χ1n) is 11.5. The van der Waals surface area contributed by atoms with Crippen molar-refractivity contribution in [3.05, 3.63) is 47.8 Å². The van der Waals surface area contributed by atoms with Crippen molar-refractivity contribution < 1.29 is 14.3 Å². The van der Waals surface area contributed by atoms with Gasteiger partial charge in [-0.25, -0.2) is 15.0 Å². The fraction of sp³-hybridized carbons (Fsp3) is 0.360. The van der Waals surface area contributed by atoms with Crippen molar-refractivity contribution in [1.82, 2.24) is 9.97 Å². The first kappa shape index (κ1) is 24.1. The van der Waals surface area contributed by atoms with Crippen LogP contribution >= 0.6 is 0 Å². The van der Waals surface area contributed by atoms with Crippen molar-refractivity contribution in [3.8, 4) is 11.5 Å². The predicted molar refractivity (Wildman–Crippen MR) is 137 cm³/mol. The average molecular weight is 478 g/mol. The number of nitrogens with zero attached hydrogens (tertiary/aromatic N) is 3. The third-order valence-electron chi connectivity index (χ3n) is 6.06. The van der Waals surface area contributed by atoms with Crippen LogP contribution in [0.2, 0.25) is 0 Å². The average Bonchev–Trinajstić information content (AvgIpc) is 2.84. The maximum absolute atomic E-state index is 13.1. The van der Waals surface area contributed by atoms with Crippen LogP contribution in [-0.2, 0) is 0 Å². The van der Waals surface area contributed by atoms with Gasteiger partial charge in [0.2, 0.25) is 5.82 Å². The molecule has 35 heavy (non-hydrogen) atoms. The summed E-state index contributed by atoms with van der Waals surface area (Å²) in [7, 11) is 3.09. The fourth-order valence-electron chi connectivity index (χ4n) is 4.36. The fourth-order valence-corrected chi connectivity index (χ4v) is 4.36. The Morgan fingerprint density at radius 3 is 2.54 bits per heavy atom. The molecule has 2 unspecified atom stereocenters. The van der Waals surface area contributed by atoms with E-state index in [1.165, 1.54) is 7.11 Å². The number of ether oxygens (including phenoxy) is 2. The Kier molecular flexibility index (Phi) is 7.19. The Morgan fingerprint density at radius 1 is 1.03 bits per heavy atom. The van der Waals surface area contributed by atoms with E-state index < -0.39 is 5.91 Å². The summed E-state index contributed by atoms with van der Waals surface area (Å²) in [5.41, 5.74) is 13.6. The SMILES string of the molecule is COc1ccc(NC(=O)c2nc(NC3CCCCC3N=C(N)N)c3cc(C)ccc3n2)cc1OC. The van der Waals surface area contributed by atoms with Crippen molar-refractivity contribution in [2.45, 2.75) is 44.7 Å². The lowest BCUT2D eigenvalue weighted by molar-refractivity contribution is 0.101. The molecule has 3 aromatic rings. The van der Waals surface area contributed by atoms with E-state index in [4.69, 9.17) is 20.9 Å². The quantitative estimate of drug-likeness (QED) is 0.299. The summed E-state index contributed by atoms with van der Waals surface area (Å²) in [6.07, 6.45) is 3.89. The second-order valence-electron chi connectivity index (χ2n) is 8.60. The van der Waals surface area contributed by atoms with Gasteiger partial charge in [0, 0.05) is 17.1 Å². The van der Waals surface area contributed by atoms with Crippen LogP contribution < -0.4 is 31.6 Å². The molecular weight excluding hydrogens is 446 g/mol. The number of amides is 1. The molecule has 0 bridgehead atoms. The highest BCUT2D eigenvalue weighted by Crippen LogP contribution is 2.31. The van der Waals surface area contributed by atoms with Gasteiger partial charge in [0.25, 0.3) is 5.91 Å². The highest BCUT2D eigenvalue weighted by molar-refractivity contribution is 6.04. The number of benzene rings is 2. The number of nitrogens with one attached hydrogen (secondary N) is 2. The van der Waals surface area contributed by atoms with Crippen LogP contribution in [0.15, 0.2) is 41.4 Å². The highest BCUT2D eigenvalue weighted by atomic mass is 16.5. The lowest BCUT2D eigenvalue weighted by atomic mass is 9.90. The molecule has 1 aromatic heterocycles. The summed E-state index contributed by atoms with van der Waals surface area (Å²) in [5, 5.41) is 7.19. The standard InChI is InChI=1S/C25H31N7O3/c1-14-8-10-17-16(12-14)22(30-18-6-4-5-7-19(18)31-25(26)27)32-23(29-17)24(33)28-15-9-11-20(34-2)21(13-15)35-3/h8-13,18-19H,4-7H2,1-3H3,(H,28,33)(H4,26,27,31)(H,29,30,32). The lowest BCUT2D eigenvalue weighted by Crippen LogP contribution is -2.38. The number of hydrogen-bond donors (Lipinski definition) is 4. The summed E-state index contributed by atoms with van der Waals surface area (Å²) in [5.74, 6) is 1.34. The Balaban J connectivity index is 1.67. The number of rotatable bonds is 7. The van der Waals surface area contributed by atoms with Crippen LogP contribution in [0.1, 0.15) is 41.9 Å². The van der Waals surface area contributed by atoms with E-state index in [1.54, 1.807) is 25.3 Å². The van der Waals surface area contributed by atoms with Gasteiger partial charge in [-0.05, 0) is 44.0 Å². The summed E-state index contributed by atoms with van der Waals surface area (Å²) < 4.78 is 10.6. The van der Waals surface area contributed by atoms with Crippen molar-refractivity contribution in [3.63, 3.8) is 0 Å². The van der Waals surface area contributed by atoms with E-state index in [1.807, 2.05) is 25.1 Å². The second kappa shape index (κ2) is 10.5. The summed E-state index contributed by atoms with van der Waals surface area (Å²) in [6.45, 7) is 2.00. The number of anilines is 2. The number of aryl methyl sites for hydroxylation is 1. The van der Waals surface area contributed by atoms with E-state index in [0.29, 0.717) is 28.5 Å². The lowest BCUT2D eigenvalue weighted by Gasteiger charge is -2.30. The number of fused-ring (bicyclic) bond motifs is 1. The van der Waals surface area contributed by atoms with Gasteiger partial charge < -0.3 is 31.6 Å². The second-order valence-corrected chi connectivity index (χ2v) is 8.60. The number of guanidine groups is 1. The first-order chi connectivity index (χ1) is 16.9. The van der Waals surface area contributed by atoms with Crippen LogP contribution in [0.3, 0.4) is 0 Å². The molecule has 4 rings (SSSR count). The highest BCUT2D eigenvalue weighted by Gasteiger charge is 2.26. The smallest absolute Gasteiger partial charge is 0.293 e. The predicted octanol–water partition coefficient (Wildman–Crippen LogP) is 3.20. The number of aromatic nitrogens is 2. The number of hydrogen-bond acceptors (Lipinski definition) is 7. The van der Waals surface area contributed by atoms with Crippen molar-refractivity contribution in [2.75, 3.05) is 24.9 Å². The number of aliphatic imine (C=N–C) groups is 1. The summed E-state index contributed by atoms with van der Waals surface area (Å²) in [4.78, 5) is 26.7. The zero-order valence-corrected chi connectivity index (χ0v) is 20.2. The Morgan fingerprint density at radius 2 is 1.80 bits per heavy atom. The van der Waals surface area contributed by atoms with Gasteiger partial charge in [-0.2, -0.15) is 0 Å². The topological polar surface area (TPSA) is 150 Å². The molecule has 1 amide bonds. The number of carbonyl (C=O) groups is 1. The maximum atomic E-state index is 13.1. The van der Waals surface area contributed by atoms with Crippen molar-refractivity contribution in [1.29, 1.82) is 0 Å². The molecule has 6 N–H and O–H groups in total. The molecular formula is C25H31N7O3. The molecule has 10 nitrogen and oxygen atoms in total. The molecule has 10 heteroatoms. The van der Waals surface area contributed by atoms with Crippen LogP contribution in [0.25, 0.3) is 10.9 Å². The molecule has 2 aromatic carbocycles. The third kappa shape index (κ3) is 5.53. The maximum Gasteiger partial charge on any atom is 0.293 e. The third-order valence-corrected chi connectivity index (χ3v) is 6.06. The van der Waals surface area contributed by atoms with Gasteiger partial charge in [0.15, 0.2) is 17.5 Å². The van der Waals surface area contributed by atoms with E-state index >= 15 is 0 Å². The molecule has 1 aliphatic rings. The van der Waals surface area contributed by atoms with Crippen LogP contribution in [0.4, 0.5) is 11.5 Å². The number of nitrogens with two attached hydrogens (primary N) is 2. The number of carbonyl (C=O) groups excluding carboxylic acids is 1. The normalized spacial score (nSPS) is 17.5. The minimum atomic E-state index is -0.438. The Labute approximate surface area is 204 Å². The van der Waals surface area contributed by atoms with Crippen molar-refractivity contribution in [2.24, 2.45) is 16.5 Å². The van der Waals surface area contributed by atoms with E-state index in [-0.39, 0.29) is 23.9 Å². The molecule has 0 radical (unpaired) electrons. The van der Waals surface area contributed by atoms with Gasteiger partial charge >= 0.3 is 0 Å². The van der Waals surface area contributed by atoms with Gasteiger partial charge in [-0.3, -0.25) is 4.79 Å². The van der Waals surface area contributed by atoms with Crippen LogP contribution in [0, 0.1) is 6.92 Å². The van der Waals surface area contributed by atoms with Crippen LogP contribution in [-0.4, -0.2) is 48.1 Å². The molecule has 184 valence electrons. The van der Waals surface area contributed by atoms with Crippen LogP contribution in [0.5, 0.6) is 11.5 Å². The minimum Gasteiger partial charge on any atom is -0.493 e. The van der Waals surface area contributed by atoms with Gasteiger partial charge in [0.05, 0.1) is 31.8 Å². The van der Waals surface area contributed by atoms with E-state index in [0.717, 1.165) is 36.6 Å². The van der Waals surface area contributed by atoms with E-state index in [2.05, 4.69) is 25.6 Å². The van der Waals surface area contributed by atoms with E-state index in [9.17, 15) is 4.79 Å². The summed E-state index contributed by atoms with van der Waals surface area (Å²) in [6, 6.07) is 10.9. The molecule has 0 saturated heterocycles. The molecule has 1 fully saturated rings. The molecule has 2 atom stereocenters. The largest absolute Gasteiger partial charge is 0.493 e. The molecule has 1 saturated carbocycles. The Hall–Kier alpha value is -4.08. The van der Waals surface area contributed by atoms with Gasteiger partial charge in [-0.15, -0.1) is 0 Å². The molecule has 0 aliphatic heterocycles. The minimum absolute atomic E-state index is 0.00813. The monoisotopic (exact) mass is 477 g/mol.